The Bertz CT molecular complexity index is 778. The number of amides is 2. The lowest BCUT2D eigenvalue weighted by Gasteiger charge is -2.43. The summed E-state index contributed by atoms with van der Waals surface area (Å²) in [6, 6.07) is -0.650. The van der Waals surface area contributed by atoms with E-state index in [1.807, 2.05) is 0 Å². The second-order valence-electron chi connectivity index (χ2n) is 7.75. The van der Waals surface area contributed by atoms with E-state index in [1.165, 1.54) is 13.8 Å². The topological polar surface area (TPSA) is 105 Å². The Kier molecular flexibility index (Phi) is 5.58. The van der Waals surface area contributed by atoms with Gasteiger partial charge in [-0.1, -0.05) is 0 Å². The highest BCUT2D eigenvalue weighted by Crippen LogP contribution is 2.44. The Morgan fingerprint density at radius 3 is 2.37 bits per heavy atom. The van der Waals surface area contributed by atoms with E-state index in [1.54, 1.807) is 34.6 Å². The van der Waals surface area contributed by atoms with Gasteiger partial charge in [-0.15, -0.1) is 11.3 Å². The maximum absolute atomic E-state index is 12.6. The lowest BCUT2D eigenvalue weighted by Crippen LogP contribution is -2.58. The zero-order valence-electron chi connectivity index (χ0n) is 16.6. The first kappa shape index (κ1) is 21.2. The van der Waals surface area contributed by atoms with Crippen LogP contribution >= 0.6 is 11.3 Å². The van der Waals surface area contributed by atoms with Crippen molar-refractivity contribution in [2.75, 3.05) is 11.9 Å². The average Bonchev–Trinajstić information content (AvgIpc) is 2.82. The number of hydrogen-bond acceptors (Lipinski definition) is 7. The van der Waals surface area contributed by atoms with Gasteiger partial charge in [0.05, 0.1) is 6.61 Å². The molecular formula is C18H26N2O6S. The molecule has 0 aromatic carbocycles. The number of aliphatic hydroxyl groups excluding tert-OH is 1. The first-order chi connectivity index (χ1) is 12.3. The number of nitrogens with zero attached hydrogens (tertiary/aromatic N) is 1. The highest BCUT2D eigenvalue weighted by atomic mass is 32.1. The van der Waals surface area contributed by atoms with Crippen molar-refractivity contribution in [1.29, 1.82) is 0 Å². The smallest absolute Gasteiger partial charge is 0.348 e. The number of hydrogen-bond donors (Lipinski definition) is 2. The first-order valence-electron chi connectivity index (χ1n) is 8.63. The highest BCUT2D eigenvalue weighted by molar-refractivity contribution is 7.18. The predicted molar refractivity (Wildman–Crippen MR) is 101 cm³/mol. The van der Waals surface area contributed by atoms with E-state index in [-0.39, 0.29) is 6.61 Å². The third kappa shape index (κ3) is 3.93. The summed E-state index contributed by atoms with van der Waals surface area (Å²) in [5, 5.41) is 13.9. The molecule has 8 nitrogen and oxygen atoms in total. The summed E-state index contributed by atoms with van der Waals surface area (Å²) < 4.78 is 10.4. The first-order valence-corrected chi connectivity index (χ1v) is 9.45. The van der Waals surface area contributed by atoms with Gasteiger partial charge in [0.2, 0.25) is 0 Å². The van der Waals surface area contributed by atoms with Crippen molar-refractivity contribution >= 4 is 34.3 Å². The molecule has 0 saturated carbocycles. The van der Waals surface area contributed by atoms with Crippen LogP contribution in [0.15, 0.2) is 0 Å². The Hall–Kier alpha value is -2.13. The number of rotatable bonds is 4. The fraction of sp³-hybridized carbons (Fsp3) is 0.611. The molecule has 27 heavy (non-hydrogen) atoms. The molecule has 0 spiro atoms. The minimum Gasteiger partial charge on any atom is -0.462 e. The third-order valence-corrected chi connectivity index (χ3v) is 5.30. The maximum Gasteiger partial charge on any atom is 0.348 e. The van der Waals surface area contributed by atoms with Crippen LogP contribution in [0, 0.1) is 6.92 Å². The van der Waals surface area contributed by atoms with Crippen molar-refractivity contribution in [3.05, 3.63) is 16.0 Å². The number of carbonyl (C=O) groups excluding carboxylic acids is 3. The molecule has 1 aromatic rings. The molecule has 1 aliphatic heterocycles. The number of fused-ring (bicyclic) bond motifs is 1. The van der Waals surface area contributed by atoms with E-state index in [2.05, 4.69) is 5.32 Å². The van der Waals surface area contributed by atoms with E-state index < -0.39 is 35.3 Å². The van der Waals surface area contributed by atoms with Crippen molar-refractivity contribution < 1.29 is 29.0 Å². The highest BCUT2D eigenvalue weighted by Gasteiger charge is 2.48. The quantitative estimate of drug-likeness (QED) is 0.755. The van der Waals surface area contributed by atoms with Crippen molar-refractivity contribution in [2.45, 2.75) is 65.8 Å². The van der Waals surface area contributed by atoms with Crippen molar-refractivity contribution in [3.63, 3.8) is 0 Å². The van der Waals surface area contributed by atoms with Gasteiger partial charge in [0.25, 0.3) is 0 Å². The molecule has 1 aliphatic rings. The van der Waals surface area contributed by atoms with Crippen LogP contribution in [0.1, 0.15) is 68.6 Å². The normalized spacial score (nSPS) is 17.3. The molecule has 2 N–H and O–H groups in total. The molecular weight excluding hydrogens is 372 g/mol. The summed E-state index contributed by atoms with van der Waals surface area (Å²) in [6.45, 7) is 11.8. The number of thiophene rings is 1. The standard InChI is InChI=1S/C18H26N2O6S/c1-8-25-14(22)11-9(2)10-12(27-11)19-16(24)20(13(10)21)18(6,7)15(23)26-17(3,4)5/h13,21H,8H2,1-7H3,(H,19,24). The molecule has 1 unspecified atom stereocenters. The van der Waals surface area contributed by atoms with E-state index >= 15 is 0 Å². The van der Waals surface area contributed by atoms with Crippen molar-refractivity contribution in [3.8, 4) is 0 Å². The van der Waals surface area contributed by atoms with E-state index in [0.29, 0.717) is 21.0 Å². The van der Waals surface area contributed by atoms with Gasteiger partial charge < -0.3 is 14.6 Å². The van der Waals surface area contributed by atoms with E-state index in [0.717, 1.165) is 16.2 Å². The van der Waals surface area contributed by atoms with Crippen LogP contribution in [0.5, 0.6) is 0 Å². The number of anilines is 1. The minimum absolute atomic E-state index is 0.216. The van der Waals surface area contributed by atoms with Crippen LogP contribution < -0.4 is 5.32 Å². The fourth-order valence-electron chi connectivity index (χ4n) is 2.78. The molecule has 1 aromatic heterocycles. The Morgan fingerprint density at radius 1 is 1.26 bits per heavy atom. The molecule has 0 radical (unpaired) electrons. The van der Waals surface area contributed by atoms with Crippen LogP contribution in [0.3, 0.4) is 0 Å². The second-order valence-corrected chi connectivity index (χ2v) is 8.77. The maximum atomic E-state index is 12.6. The molecule has 150 valence electrons. The van der Waals surface area contributed by atoms with E-state index in [9.17, 15) is 19.5 Å². The summed E-state index contributed by atoms with van der Waals surface area (Å²) in [7, 11) is 0. The van der Waals surface area contributed by atoms with Crippen molar-refractivity contribution in [2.24, 2.45) is 0 Å². The number of nitrogens with one attached hydrogen (secondary N) is 1. The van der Waals surface area contributed by atoms with Gasteiger partial charge in [-0.05, 0) is 54.0 Å². The molecule has 2 amide bonds. The van der Waals surface area contributed by atoms with Crippen molar-refractivity contribution in [1.82, 2.24) is 4.90 Å². The summed E-state index contributed by atoms with van der Waals surface area (Å²) in [6.07, 6.45) is -1.41. The number of ether oxygens (including phenoxy) is 2. The lowest BCUT2D eigenvalue weighted by molar-refractivity contribution is -0.171. The lowest BCUT2D eigenvalue weighted by atomic mass is 9.98. The average molecular weight is 398 g/mol. The molecule has 0 saturated heterocycles. The van der Waals surface area contributed by atoms with Crippen LogP contribution in [0.4, 0.5) is 9.80 Å². The van der Waals surface area contributed by atoms with Crippen LogP contribution in [-0.2, 0) is 14.3 Å². The Morgan fingerprint density at radius 2 is 1.85 bits per heavy atom. The number of urea groups is 1. The SMILES string of the molecule is CCOC(=O)c1sc2c(c1C)C(O)N(C(C)(C)C(=O)OC(C)(C)C)C(=O)N2. The monoisotopic (exact) mass is 398 g/mol. The molecule has 1 atom stereocenters. The van der Waals surface area contributed by atoms with E-state index in [4.69, 9.17) is 9.47 Å². The minimum atomic E-state index is -1.44. The van der Waals surface area contributed by atoms with Gasteiger partial charge in [-0.3, -0.25) is 10.2 Å². The van der Waals surface area contributed by atoms with Gasteiger partial charge >= 0.3 is 18.0 Å². The summed E-state index contributed by atoms with van der Waals surface area (Å²) in [4.78, 5) is 38.7. The van der Waals surface area contributed by atoms with Gasteiger partial charge in [-0.2, -0.15) is 0 Å². The number of aliphatic hydroxyl groups is 1. The molecule has 0 bridgehead atoms. The largest absolute Gasteiger partial charge is 0.462 e. The second kappa shape index (κ2) is 7.12. The van der Waals surface area contributed by atoms with Crippen LogP contribution in [-0.4, -0.2) is 45.7 Å². The van der Waals surface area contributed by atoms with Crippen LogP contribution in [0.2, 0.25) is 0 Å². The molecule has 2 heterocycles. The molecule has 0 aliphatic carbocycles. The zero-order valence-corrected chi connectivity index (χ0v) is 17.4. The van der Waals surface area contributed by atoms with Gasteiger partial charge in [-0.25, -0.2) is 14.4 Å². The summed E-state index contributed by atoms with van der Waals surface area (Å²) >= 11 is 1.04. The van der Waals surface area contributed by atoms with Crippen LogP contribution in [0.25, 0.3) is 0 Å². The third-order valence-electron chi connectivity index (χ3n) is 4.10. The Labute approximate surface area is 162 Å². The van der Waals surface area contributed by atoms with Gasteiger partial charge in [0, 0.05) is 5.56 Å². The fourth-order valence-corrected chi connectivity index (χ4v) is 3.90. The number of esters is 2. The molecule has 9 heteroatoms. The Balaban J connectivity index is 2.43. The molecule has 2 rings (SSSR count). The number of carbonyl (C=O) groups is 3. The zero-order chi connectivity index (χ0) is 20.7. The summed E-state index contributed by atoms with van der Waals surface area (Å²) in [5.74, 6) is -1.17. The molecule has 0 fully saturated rings. The summed E-state index contributed by atoms with van der Waals surface area (Å²) in [5.41, 5.74) is -1.30. The predicted octanol–water partition coefficient (Wildman–Crippen LogP) is 3.19. The van der Waals surface area contributed by atoms with Gasteiger partial charge in [0.15, 0.2) is 6.23 Å². The van der Waals surface area contributed by atoms with Gasteiger partial charge in [0.1, 0.15) is 21.0 Å².